The minimum atomic E-state index is -1.05. The first-order valence-corrected chi connectivity index (χ1v) is 8.10. The van der Waals surface area contributed by atoms with E-state index in [-0.39, 0.29) is 0 Å². The summed E-state index contributed by atoms with van der Waals surface area (Å²) in [6.45, 7) is 3.95. The molecule has 0 amide bonds. The van der Waals surface area contributed by atoms with Gasteiger partial charge in [-0.05, 0) is 44.3 Å². The summed E-state index contributed by atoms with van der Waals surface area (Å²) in [5.74, 6) is 1.14. The first-order valence-electron chi connectivity index (χ1n) is 7.05. The van der Waals surface area contributed by atoms with Crippen LogP contribution in [0.2, 0.25) is 0 Å². The van der Waals surface area contributed by atoms with Gasteiger partial charge in [0.1, 0.15) is 5.54 Å². The first-order chi connectivity index (χ1) is 8.42. The summed E-state index contributed by atoms with van der Waals surface area (Å²) < 4.78 is 0. The molecule has 0 spiro atoms. The molecule has 1 aliphatic rings. The topological polar surface area (TPSA) is 63.3 Å². The molecule has 1 aliphatic carbocycles. The van der Waals surface area contributed by atoms with E-state index < -0.39 is 11.5 Å². The van der Waals surface area contributed by atoms with Crippen LogP contribution in [0.15, 0.2) is 0 Å². The van der Waals surface area contributed by atoms with Crippen LogP contribution < -0.4 is 5.73 Å². The summed E-state index contributed by atoms with van der Waals surface area (Å²) >= 11 is 2.07. The summed E-state index contributed by atoms with van der Waals surface area (Å²) in [4.78, 5) is 10.8. The lowest BCUT2D eigenvalue weighted by molar-refractivity contribution is -0.142. The first kappa shape index (κ1) is 15.8. The quantitative estimate of drug-likeness (QED) is 0.699. The largest absolute Gasteiger partial charge is 0.480 e. The van der Waals surface area contributed by atoms with Crippen LogP contribution in [0.3, 0.4) is 0 Å². The Morgan fingerprint density at radius 1 is 1.44 bits per heavy atom. The van der Waals surface area contributed by atoms with Crippen LogP contribution in [-0.4, -0.2) is 27.6 Å². The minimum absolute atomic E-state index is 0.573. The van der Waals surface area contributed by atoms with Crippen molar-refractivity contribution < 1.29 is 9.90 Å². The normalized spacial score (nSPS) is 27.7. The lowest BCUT2D eigenvalue weighted by Crippen LogP contribution is -2.44. The number of nitrogens with two attached hydrogens (primary N) is 1. The van der Waals surface area contributed by atoms with Gasteiger partial charge in [-0.3, -0.25) is 4.79 Å². The zero-order valence-corrected chi connectivity index (χ0v) is 12.5. The smallest absolute Gasteiger partial charge is 0.323 e. The molecule has 3 atom stereocenters. The van der Waals surface area contributed by atoms with Crippen LogP contribution in [0, 0.1) is 5.92 Å². The molecule has 0 bridgehead atoms. The van der Waals surface area contributed by atoms with Crippen molar-refractivity contribution in [3.05, 3.63) is 0 Å². The molecule has 0 aromatic heterocycles. The van der Waals surface area contributed by atoms with E-state index in [4.69, 9.17) is 10.8 Å². The third-order valence-electron chi connectivity index (χ3n) is 3.82. The van der Waals surface area contributed by atoms with Crippen LogP contribution in [0.4, 0.5) is 0 Å². The van der Waals surface area contributed by atoms with Crippen molar-refractivity contribution in [2.24, 2.45) is 11.7 Å². The van der Waals surface area contributed by atoms with Crippen molar-refractivity contribution in [1.29, 1.82) is 0 Å². The molecule has 106 valence electrons. The van der Waals surface area contributed by atoms with Crippen molar-refractivity contribution in [3.63, 3.8) is 0 Å². The highest BCUT2D eigenvalue weighted by Crippen LogP contribution is 2.32. The fraction of sp³-hybridized carbons (Fsp3) is 0.929. The Bertz CT molecular complexity index is 269. The molecular weight excluding hydrogens is 246 g/mol. The third kappa shape index (κ3) is 5.61. The molecule has 3 N–H and O–H groups in total. The van der Waals surface area contributed by atoms with Gasteiger partial charge in [0.05, 0.1) is 0 Å². The Balaban J connectivity index is 2.06. The van der Waals surface area contributed by atoms with Crippen LogP contribution in [0.25, 0.3) is 0 Å². The number of hydrogen-bond acceptors (Lipinski definition) is 3. The molecule has 18 heavy (non-hydrogen) atoms. The minimum Gasteiger partial charge on any atom is -0.480 e. The standard InChI is InChI=1S/C14H27NO2S/c1-11-6-5-7-12(10-11)18-9-4-3-8-14(2,15)13(16)17/h11-12H,3-10,15H2,1-2H3,(H,16,17). The second-order valence-electron chi connectivity index (χ2n) is 5.94. The summed E-state index contributed by atoms with van der Waals surface area (Å²) in [6.07, 6.45) is 8.04. The molecule has 1 fully saturated rings. The highest BCUT2D eigenvalue weighted by atomic mass is 32.2. The van der Waals surface area contributed by atoms with Gasteiger partial charge in [0.2, 0.25) is 0 Å². The van der Waals surface area contributed by atoms with Gasteiger partial charge in [-0.25, -0.2) is 0 Å². The van der Waals surface area contributed by atoms with Crippen molar-refractivity contribution in [2.75, 3.05) is 5.75 Å². The number of hydrogen-bond donors (Lipinski definition) is 2. The second kappa shape index (κ2) is 7.39. The Kier molecular flexibility index (Phi) is 6.50. The second-order valence-corrected chi connectivity index (χ2v) is 7.35. The van der Waals surface area contributed by atoms with Gasteiger partial charge in [-0.15, -0.1) is 0 Å². The fourth-order valence-corrected chi connectivity index (χ4v) is 3.98. The molecule has 1 rings (SSSR count). The maximum atomic E-state index is 10.8. The van der Waals surface area contributed by atoms with Crippen molar-refractivity contribution >= 4 is 17.7 Å². The van der Waals surface area contributed by atoms with Gasteiger partial charge >= 0.3 is 5.97 Å². The summed E-state index contributed by atoms with van der Waals surface area (Å²) in [7, 11) is 0. The van der Waals surface area contributed by atoms with Gasteiger partial charge in [0, 0.05) is 5.25 Å². The average Bonchev–Trinajstić information content (AvgIpc) is 2.28. The van der Waals surface area contributed by atoms with Gasteiger partial charge < -0.3 is 10.8 Å². The molecule has 0 aromatic carbocycles. The summed E-state index contributed by atoms with van der Waals surface area (Å²) in [5.41, 5.74) is 4.64. The van der Waals surface area contributed by atoms with Crippen LogP contribution >= 0.6 is 11.8 Å². The van der Waals surface area contributed by atoms with E-state index in [9.17, 15) is 4.79 Å². The molecular formula is C14H27NO2S. The van der Waals surface area contributed by atoms with E-state index in [0.717, 1.165) is 29.8 Å². The maximum Gasteiger partial charge on any atom is 0.323 e. The molecule has 0 heterocycles. The lowest BCUT2D eigenvalue weighted by atomic mass is 9.91. The molecule has 0 saturated heterocycles. The van der Waals surface area contributed by atoms with Crippen LogP contribution in [0.5, 0.6) is 0 Å². The van der Waals surface area contributed by atoms with Gasteiger partial charge in [0.25, 0.3) is 0 Å². The van der Waals surface area contributed by atoms with Crippen molar-refractivity contribution in [2.45, 2.75) is 69.6 Å². The van der Waals surface area contributed by atoms with E-state index in [1.54, 1.807) is 6.92 Å². The monoisotopic (exact) mass is 273 g/mol. The molecule has 0 aliphatic heterocycles. The fourth-order valence-electron chi connectivity index (χ4n) is 2.48. The molecule has 0 radical (unpaired) electrons. The van der Waals surface area contributed by atoms with E-state index in [1.807, 2.05) is 0 Å². The van der Waals surface area contributed by atoms with Crippen molar-refractivity contribution in [1.82, 2.24) is 0 Å². The van der Waals surface area contributed by atoms with E-state index in [1.165, 1.54) is 25.7 Å². The predicted octanol–water partition coefficient (Wildman–Crippen LogP) is 3.27. The Hall–Kier alpha value is -0.220. The number of carboxylic acids is 1. The van der Waals surface area contributed by atoms with Gasteiger partial charge in [-0.1, -0.05) is 26.2 Å². The lowest BCUT2D eigenvalue weighted by Gasteiger charge is -2.26. The number of carboxylic acid groups (broad SMARTS) is 1. The molecule has 4 heteroatoms. The number of aliphatic carboxylic acids is 1. The maximum absolute atomic E-state index is 10.8. The number of carbonyl (C=O) groups is 1. The van der Waals surface area contributed by atoms with E-state index >= 15 is 0 Å². The molecule has 3 nitrogen and oxygen atoms in total. The average molecular weight is 273 g/mol. The van der Waals surface area contributed by atoms with E-state index in [0.29, 0.717) is 6.42 Å². The number of rotatable bonds is 7. The van der Waals surface area contributed by atoms with E-state index in [2.05, 4.69) is 18.7 Å². The summed E-state index contributed by atoms with van der Waals surface area (Å²) in [6, 6.07) is 0. The Morgan fingerprint density at radius 2 is 2.17 bits per heavy atom. The highest BCUT2D eigenvalue weighted by Gasteiger charge is 2.26. The summed E-state index contributed by atoms with van der Waals surface area (Å²) in [5, 5.41) is 9.73. The Labute approximate surface area is 115 Å². The third-order valence-corrected chi connectivity index (χ3v) is 5.24. The Morgan fingerprint density at radius 3 is 2.78 bits per heavy atom. The molecule has 3 unspecified atom stereocenters. The zero-order chi connectivity index (χ0) is 13.6. The van der Waals surface area contributed by atoms with Gasteiger partial charge in [-0.2, -0.15) is 11.8 Å². The highest BCUT2D eigenvalue weighted by molar-refractivity contribution is 7.99. The van der Waals surface area contributed by atoms with Gasteiger partial charge in [0.15, 0.2) is 0 Å². The van der Waals surface area contributed by atoms with Crippen LogP contribution in [0.1, 0.15) is 58.8 Å². The molecule has 1 saturated carbocycles. The van der Waals surface area contributed by atoms with Crippen LogP contribution in [-0.2, 0) is 4.79 Å². The number of unbranched alkanes of at least 4 members (excludes halogenated alkanes) is 1. The molecule has 0 aromatic rings. The predicted molar refractivity (Wildman–Crippen MR) is 78.0 cm³/mol. The zero-order valence-electron chi connectivity index (χ0n) is 11.7. The number of thioether (sulfide) groups is 1. The van der Waals surface area contributed by atoms with Crippen molar-refractivity contribution in [3.8, 4) is 0 Å². The SMILES string of the molecule is CC1CCCC(SCCCCC(C)(N)C(=O)O)C1.